The van der Waals surface area contributed by atoms with Gasteiger partial charge in [-0.15, -0.1) is 0 Å². The number of nitrogens with zero attached hydrogens (tertiary/aromatic N) is 6. The van der Waals surface area contributed by atoms with Gasteiger partial charge in [0, 0.05) is 32.4 Å². The molecule has 0 radical (unpaired) electrons. The Bertz CT molecular complexity index is 1760. The van der Waals surface area contributed by atoms with Gasteiger partial charge in [-0.25, -0.2) is 9.78 Å². The van der Waals surface area contributed by atoms with Gasteiger partial charge < -0.3 is 28.9 Å². The lowest BCUT2D eigenvalue weighted by atomic mass is 9.68. The van der Waals surface area contributed by atoms with Crippen molar-refractivity contribution in [2.24, 2.45) is 0 Å². The van der Waals surface area contributed by atoms with Crippen LogP contribution in [0, 0.1) is 0 Å². The van der Waals surface area contributed by atoms with Gasteiger partial charge in [0.2, 0.25) is 11.8 Å². The maximum Gasteiger partial charge on any atom is 0.422 e. The highest BCUT2D eigenvalue weighted by atomic mass is 19.4. The fourth-order valence-electron chi connectivity index (χ4n) is 7.34. The van der Waals surface area contributed by atoms with Gasteiger partial charge in [0.05, 0.1) is 66.2 Å². The number of piperidine rings is 1. The summed E-state index contributed by atoms with van der Waals surface area (Å²) in [4.78, 5) is 46.4. The quantitative estimate of drug-likeness (QED) is 0.254. The number of amides is 2. The molecule has 0 aliphatic carbocycles. The van der Waals surface area contributed by atoms with E-state index in [2.05, 4.69) is 9.97 Å². The summed E-state index contributed by atoms with van der Waals surface area (Å²) in [5.74, 6) is 0.0368. The fourth-order valence-corrected chi connectivity index (χ4v) is 7.34. The van der Waals surface area contributed by atoms with Crippen LogP contribution in [0.1, 0.15) is 77.1 Å². The van der Waals surface area contributed by atoms with Crippen LogP contribution in [-0.2, 0) is 27.7 Å². The van der Waals surface area contributed by atoms with Crippen LogP contribution < -0.4 is 14.4 Å². The van der Waals surface area contributed by atoms with Crippen LogP contribution >= 0.6 is 0 Å². The standard InChI is InChI=1S/C37H45F3N6O5/c1-6-19-50-30-21-41-20-29(31(30)37(38,39)40)44-17-13-36(14-18-44)26-10-11-27(25-9-8-15-42-32(25)49-7-2)43-28(26)23-46(33(36)47)24-12-16-45(22-24)34(48)51-35(3,4)5/h8-11,15,20-21,24H,6-7,12-14,16-19,22-23H2,1-5H3. The second kappa shape index (κ2) is 14.2. The fraction of sp³-hybridized carbons (Fsp3) is 0.541. The molecular weight excluding hydrogens is 665 g/mol. The van der Waals surface area contributed by atoms with Crippen molar-refractivity contribution in [3.05, 3.63) is 59.7 Å². The van der Waals surface area contributed by atoms with E-state index in [4.69, 9.17) is 19.2 Å². The zero-order chi connectivity index (χ0) is 36.6. The Morgan fingerprint density at radius 2 is 1.80 bits per heavy atom. The third-order valence-electron chi connectivity index (χ3n) is 9.66. The molecule has 2 amide bonds. The van der Waals surface area contributed by atoms with Crippen molar-refractivity contribution in [1.82, 2.24) is 24.8 Å². The summed E-state index contributed by atoms with van der Waals surface area (Å²) in [6.45, 7) is 11.0. The molecule has 3 aromatic heterocycles. The highest BCUT2D eigenvalue weighted by molar-refractivity contribution is 5.91. The molecule has 274 valence electrons. The van der Waals surface area contributed by atoms with Gasteiger partial charge in [0.15, 0.2) is 5.75 Å². The summed E-state index contributed by atoms with van der Waals surface area (Å²) in [7, 11) is 0. The molecule has 2 saturated heterocycles. The second-order valence-electron chi connectivity index (χ2n) is 14.2. The van der Waals surface area contributed by atoms with Gasteiger partial charge >= 0.3 is 12.3 Å². The van der Waals surface area contributed by atoms with E-state index < -0.39 is 28.8 Å². The zero-order valence-corrected chi connectivity index (χ0v) is 29.8. The molecule has 0 bridgehead atoms. The Kier molecular flexibility index (Phi) is 10.1. The Morgan fingerprint density at radius 1 is 1.04 bits per heavy atom. The Hall–Kier alpha value is -4.62. The normalized spacial score (nSPS) is 18.9. The predicted molar refractivity (Wildman–Crippen MR) is 184 cm³/mol. The molecule has 0 N–H and O–H groups in total. The maximum atomic E-state index is 14.8. The van der Waals surface area contributed by atoms with Gasteiger partial charge in [-0.05, 0) is 77.1 Å². The average molecular weight is 711 g/mol. The molecule has 6 heterocycles. The summed E-state index contributed by atoms with van der Waals surface area (Å²) >= 11 is 0. The number of alkyl halides is 3. The molecule has 3 aliphatic rings. The molecular formula is C37H45F3N6O5. The number of pyridine rings is 3. The number of likely N-dealkylation sites (tertiary alicyclic amines) is 1. The van der Waals surface area contributed by atoms with Crippen molar-refractivity contribution < 1.29 is 37.0 Å². The monoisotopic (exact) mass is 710 g/mol. The molecule has 51 heavy (non-hydrogen) atoms. The van der Waals surface area contributed by atoms with Gasteiger partial charge in [0.1, 0.15) is 11.2 Å². The molecule has 3 aliphatic heterocycles. The third kappa shape index (κ3) is 7.27. The number of hydrogen-bond acceptors (Lipinski definition) is 9. The van der Waals surface area contributed by atoms with Crippen LogP contribution in [0.5, 0.6) is 11.6 Å². The smallest absolute Gasteiger partial charge is 0.422 e. The number of halogens is 3. The lowest BCUT2D eigenvalue weighted by Crippen LogP contribution is -2.59. The number of ether oxygens (including phenoxy) is 3. The molecule has 1 atom stereocenters. The largest absolute Gasteiger partial charge is 0.491 e. The van der Waals surface area contributed by atoms with E-state index in [1.54, 1.807) is 16.0 Å². The Balaban J connectivity index is 1.35. The number of anilines is 1. The molecule has 0 aromatic carbocycles. The lowest BCUT2D eigenvalue weighted by Gasteiger charge is -2.49. The number of hydrogen-bond donors (Lipinski definition) is 0. The topological polar surface area (TPSA) is 110 Å². The number of carbonyl (C=O) groups excluding carboxylic acids is 2. The Labute approximate surface area is 296 Å². The number of carbonyl (C=O) groups is 2. The molecule has 1 spiro atoms. The van der Waals surface area contributed by atoms with E-state index in [1.807, 2.05) is 63.8 Å². The Morgan fingerprint density at radius 3 is 2.49 bits per heavy atom. The molecule has 1 unspecified atom stereocenters. The first-order chi connectivity index (χ1) is 24.3. The molecule has 0 saturated carbocycles. The van der Waals surface area contributed by atoms with E-state index in [1.165, 1.54) is 6.20 Å². The van der Waals surface area contributed by atoms with Gasteiger partial charge in [-0.2, -0.15) is 13.2 Å². The minimum Gasteiger partial charge on any atom is -0.491 e. The third-order valence-corrected chi connectivity index (χ3v) is 9.66. The molecule has 2 fully saturated rings. The minimum atomic E-state index is -4.67. The van der Waals surface area contributed by atoms with Crippen molar-refractivity contribution in [1.29, 1.82) is 0 Å². The average Bonchev–Trinajstić information content (AvgIpc) is 3.59. The molecule has 14 heteroatoms. The van der Waals surface area contributed by atoms with Crippen LogP contribution in [0.2, 0.25) is 0 Å². The van der Waals surface area contributed by atoms with Crippen molar-refractivity contribution in [3.8, 4) is 22.9 Å². The molecule has 3 aromatic rings. The van der Waals surface area contributed by atoms with Crippen LogP contribution in [0.3, 0.4) is 0 Å². The van der Waals surface area contributed by atoms with Crippen LogP contribution in [0.25, 0.3) is 11.3 Å². The van der Waals surface area contributed by atoms with Crippen molar-refractivity contribution in [3.63, 3.8) is 0 Å². The number of aromatic nitrogens is 3. The highest BCUT2D eigenvalue weighted by Gasteiger charge is 2.52. The first-order valence-electron chi connectivity index (χ1n) is 17.6. The minimum absolute atomic E-state index is 0.0661. The highest BCUT2D eigenvalue weighted by Crippen LogP contribution is 2.48. The molecule has 11 nitrogen and oxygen atoms in total. The van der Waals surface area contributed by atoms with E-state index in [-0.39, 0.29) is 62.5 Å². The summed E-state index contributed by atoms with van der Waals surface area (Å²) < 4.78 is 60.4. The van der Waals surface area contributed by atoms with Crippen molar-refractivity contribution in [2.45, 2.75) is 90.1 Å². The number of fused-ring (bicyclic) bond motifs is 2. The van der Waals surface area contributed by atoms with E-state index in [9.17, 15) is 22.8 Å². The van der Waals surface area contributed by atoms with Crippen molar-refractivity contribution in [2.75, 3.05) is 44.3 Å². The second-order valence-corrected chi connectivity index (χ2v) is 14.2. The van der Waals surface area contributed by atoms with Crippen LogP contribution in [-0.4, -0.2) is 87.8 Å². The first-order valence-corrected chi connectivity index (χ1v) is 17.6. The van der Waals surface area contributed by atoms with E-state index >= 15 is 0 Å². The summed E-state index contributed by atoms with van der Waals surface area (Å²) in [5, 5.41) is 0. The molecule has 6 rings (SSSR count). The van der Waals surface area contributed by atoms with Crippen molar-refractivity contribution >= 4 is 17.7 Å². The number of rotatable bonds is 8. The summed E-state index contributed by atoms with van der Waals surface area (Å²) in [6.07, 6.45) is 0.503. The predicted octanol–water partition coefficient (Wildman–Crippen LogP) is 6.63. The van der Waals surface area contributed by atoms with Gasteiger partial charge in [-0.1, -0.05) is 13.0 Å². The summed E-state index contributed by atoms with van der Waals surface area (Å²) in [6, 6.07) is 7.18. The van der Waals surface area contributed by atoms with Crippen LogP contribution in [0.15, 0.2) is 42.9 Å². The van der Waals surface area contributed by atoms with Gasteiger partial charge in [0.25, 0.3) is 0 Å². The summed E-state index contributed by atoms with van der Waals surface area (Å²) in [5.41, 5.74) is 0.198. The van der Waals surface area contributed by atoms with Gasteiger partial charge in [-0.3, -0.25) is 14.8 Å². The zero-order valence-electron chi connectivity index (χ0n) is 29.8. The van der Waals surface area contributed by atoms with E-state index in [0.29, 0.717) is 55.4 Å². The lowest BCUT2D eigenvalue weighted by molar-refractivity contribution is -0.143. The SMILES string of the molecule is CCCOc1cncc(N2CCC3(CC2)C(=O)N(C2CCN(C(=O)OC(C)(C)C)C2)Cc2nc(-c4cccnc4OCC)ccc23)c1C(F)(F)F. The van der Waals surface area contributed by atoms with Crippen LogP contribution in [0.4, 0.5) is 23.7 Å². The first kappa shape index (κ1) is 36.2. The maximum absolute atomic E-state index is 14.8. The van der Waals surface area contributed by atoms with E-state index in [0.717, 1.165) is 11.8 Å².